The van der Waals surface area contributed by atoms with E-state index < -0.39 is 36.2 Å². The number of hydrogen-bond acceptors (Lipinski definition) is 7. The Hall–Kier alpha value is -1.71. The molecule has 2 aliphatic carbocycles. The van der Waals surface area contributed by atoms with E-state index in [-0.39, 0.29) is 12.0 Å². The smallest absolute Gasteiger partial charge is 0.256 e. The molecule has 0 radical (unpaired) electrons. The zero-order valence-electron chi connectivity index (χ0n) is 19.1. The highest BCUT2D eigenvalue weighted by Gasteiger charge is 2.65. The Morgan fingerprint density at radius 1 is 0.818 bits per heavy atom. The van der Waals surface area contributed by atoms with Gasteiger partial charge in [0.15, 0.2) is 24.0 Å². The molecule has 1 amide bonds. The third kappa shape index (κ3) is 3.96. The van der Waals surface area contributed by atoms with Crippen LogP contribution in [0, 0.1) is 0 Å². The predicted octanol–water partition coefficient (Wildman–Crippen LogP) is 3.88. The zero-order chi connectivity index (χ0) is 22.5. The highest BCUT2D eigenvalue weighted by atomic mass is 16.9. The highest BCUT2D eigenvalue weighted by molar-refractivity contribution is 5.94. The minimum Gasteiger partial charge on any atom is -0.497 e. The van der Waals surface area contributed by atoms with Gasteiger partial charge in [-0.05, 0) is 49.9 Å². The van der Waals surface area contributed by atoms with Crippen LogP contribution in [-0.2, 0) is 28.5 Å². The zero-order valence-corrected chi connectivity index (χ0v) is 19.1. The van der Waals surface area contributed by atoms with Crippen LogP contribution < -0.4 is 10.1 Å². The van der Waals surface area contributed by atoms with Gasteiger partial charge in [-0.2, -0.15) is 0 Å². The van der Waals surface area contributed by atoms with Gasteiger partial charge < -0.3 is 33.7 Å². The standard InChI is InChI=1S/C25H33NO7/c1-28-17-10-8-16(9-11-17)26-22(27)20-18-19(31-24(30-18)12-4-2-5-13-24)21-23(29-20)33-25(32-21)14-6-3-7-15-25/h8-11,18-21,23H,2-7,12-15H2,1H3,(H,26,27)/t18-,19+,20+,21-,23-/m1/s1. The summed E-state index contributed by atoms with van der Waals surface area (Å²) in [4.78, 5) is 13.4. The number of ether oxygens (including phenoxy) is 6. The van der Waals surface area contributed by atoms with Gasteiger partial charge in [0, 0.05) is 31.4 Å². The summed E-state index contributed by atoms with van der Waals surface area (Å²) in [5.74, 6) is -0.828. The van der Waals surface area contributed by atoms with Crippen molar-refractivity contribution in [2.45, 2.75) is 106 Å². The van der Waals surface area contributed by atoms with E-state index in [1.807, 2.05) is 12.1 Å². The number of amides is 1. The Labute approximate surface area is 194 Å². The third-order valence-corrected chi connectivity index (χ3v) is 7.73. The molecule has 2 spiro atoms. The van der Waals surface area contributed by atoms with E-state index in [9.17, 15) is 4.79 Å². The van der Waals surface area contributed by atoms with Gasteiger partial charge in [-0.3, -0.25) is 4.79 Å². The number of nitrogens with one attached hydrogen (secondary N) is 1. The summed E-state index contributed by atoms with van der Waals surface area (Å²) < 4.78 is 37.5. The largest absolute Gasteiger partial charge is 0.497 e. The maximum absolute atomic E-state index is 13.4. The van der Waals surface area contributed by atoms with E-state index in [0.717, 1.165) is 57.1 Å². The van der Waals surface area contributed by atoms with Crippen LogP contribution in [0.15, 0.2) is 24.3 Å². The molecule has 3 aliphatic heterocycles. The maximum atomic E-state index is 13.4. The average Bonchev–Trinajstić information content (AvgIpc) is 3.37. The number of methoxy groups -OCH3 is 1. The van der Waals surface area contributed by atoms with Crippen molar-refractivity contribution in [2.75, 3.05) is 12.4 Å². The summed E-state index contributed by atoms with van der Waals surface area (Å²) in [6.45, 7) is 0. The van der Waals surface area contributed by atoms with Crippen molar-refractivity contribution in [3.8, 4) is 5.75 Å². The molecule has 1 aromatic carbocycles. The van der Waals surface area contributed by atoms with Crippen molar-refractivity contribution < 1.29 is 33.2 Å². The van der Waals surface area contributed by atoms with E-state index in [0.29, 0.717) is 5.69 Å². The number of fused-ring (bicyclic) bond motifs is 3. The third-order valence-electron chi connectivity index (χ3n) is 7.73. The highest BCUT2D eigenvalue weighted by Crippen LogP contribution is 2.51. The first kappa shape index (κ1) is 21.8. The fourth-order valence-corrected chi connectivity index (χ4v) is 6.06. The van der Waals surface area contributed by atoms with Gasteiger partial charge >= 0.3 is 0 Å². The molecule has 33 heavy (non-hydrogen) atoms. The number of carbonyl (C=O) groups is 1. The lowest BCUT2D eigenvalue weighted by Gasteiger charge is -2.36. The Balaban J connectivity index is 1.25. The Bertz CT molecular complexity index is 862. The van der Waals surface area contributed by atoms with Crippen molar-refractivity contribution in [3.63, 3.8) is 0 Å². The Morgan fingerprint density at radius 3 is 2.03 bits per heavy atom. The van der Waals surface area contributed by atoms with Crippen LogP contribution in [0.4, 0.5) is 5.69 Å². The van der Waals surface area contributed by atoms with Crippen molar-refractivity contribution in [1.82, 2.24) is 0 Å². The monoisotopic (exact) mass is 459 g/mol. The molecule has 5 atom stereocenters. The summed E-state index contributed by atoms with van der Waals surface area (Å²) in [5.41, 5.74) is 0.668. The quantitative estimate of drug-likeness (QED) is 0.734. The van der Waals surface area contributed by atoms with Gasteiger partial charge in [-0.1, -0.05) is 12.8 Å². The fraction of sp³-hybridized carbons (Fsp3) is 0.720. The number of carbonyl (C=O) groups excluding carboxylic acids is 1. The van der Waals surface area contributed by atoms with E-state index in [1.54, 1.807) is 19.2 Å². The molecule has 8 heteroatoms. The second-order valence-corrected chi connectivity index (χ2v) is 9.95. The average molecular weight is 460 g/mol. The van der Waals surface area contributed by atoms with E-state index in [4.69, 9.17) is 28.4 Å². The maximum Gasteiger partial charge on any atom is 0.256 e. The Morgan fingerprint density at radius 2 is 1.39 bits per heavy atom. The molecule has 0 bridgehead atoms. The second kappa shape index (κ2) is 8.50. The minimum atomic E-state index is -0.845. The lowest BCUT2D eigenvalue weighted by Crippen LogP contribution is -2.58. The van der Waals surface area contributed by atoms with E-state index >= 15 is 0 Å². The molecule has 0 unspecified atom stereocenters. The van der Waals surface area contributed by atoms with Crippen molar-refractivity contribution >= 4 is 11.6 Å². The molecule has 0 aromatic heterocycles. The fourth-order valence-electron chi connectivity index (χ4n) is 6.06. The molecule has 1 N–H and O–H groups in total. The van der Waals surface area contributed by atoms with Crippen LogP contribution in [0.2, 0.25) is 0 Å². The van der Waals surface area contributed by atoms with Gasteiger partial charge in [0.1, 0.15) is 24.1 Å². The summed E-state index contributed by atoms with van der Waals surface area (Å²) in [6, 6.07) is 7.23. The van der Waals surface area contributed by atoms with Gasteiger partial charge in [0.2, 0.25) is 0 Å². The van der Waals surface area contributed by atoms with Crippen LogP contribution in [0.3, 0.4) is 0 Å². The molecule has 8 nitrogen and oxygen atoms in total. The first-order chi connectivity index (χ1) is 16.1. The summed E-state index contributed by atoms with van der Waals surface area (Å²) in [6.07, 6.45) is 7.14. The van der Waals surface area contributed by atoms with Gasteiger partial charge in [-0.25, -0.2) is 0 Å². The minimum absolute atomic E-state index is 0.265. The molecule has 180 valence electrons. The second-order valence-electron chi connectivity index (χ2n) is 9.95. The van der Waals surface area contributed by atoms with E-state index in [1.165, 1.54) is 12.8 Å². The van der Waals surface area contributed by atoms with Crippen LogP contribution in [0.25, 0.3) is 0 Å². The molecule has 5 aliphatic rings. The molecule has 3 saturated heterocycles. The van der Waals surface area contributed by atoms with Gasteiger partial charge in [0.05, 0.1) is 7.11 Å². The molecular formula is C25H33NO7. The SMILES string of the molecule is COc1ccc(NC(=O)[C@H]2O[C@@H]3OC4(CCCCC4)O[C@@H]3[C@H]3OC4(CCCCC4)O[C@H]32)cc1. The number of rotatable bonds is 3. The normalized spacial score (nSPS) is 36.3. The van der Waals surface area contributed by atoms with Crippen LogP contribution in [-0.4, -0.2) is 55.3 Å². The van der Waals surface area contributed by atoms with Crippen LogP contribution in [0.5, 0.6) is 5.75 Å². The lowest BCUT2D eigenvalue weighted by molar-refractivity contribution is -0.246. The Kier molecular flexibility index (Phi) is 5.62. The lowest BCUT2D eigenvalue weighted by atomic mass is 9.94. The molecular weight excluding hydrogens is 426 g/mol. The molecule has 1 aromatic rings. The van der Waals surface area contributed by atoms with Crippen LogP contribution >= 0.6 is 0 Å². The summed E-state index contributed by atoms with van der Waals surface area (Å²) in [5, 5.41) is 2.97. The first-order valence-corrected chi connectivity index (χ1v) is 12.4. The topological polar surface area (TPSA) is 84.5 Å². The number of benzene rings is 1. The summed E-state index contributed by atoms with van der Waals surface area (Å²) in [7, 11) is 1.61. The molecule has 2 saturated carbocycles. The van der Waals surface area contributed by atoms with E-state index in [2.05, 4.69) is 5.32 Å². The van der Waals surface area contributed by atoms with Gasteiger partial charge in [0.25, 0.3) is 5.91 Å². The molecule has 6 rings (SSSR count). The van der Waals surface area contributed by atoms with Crippen molar-refractivity contribution in [1.29, 1.82) is 0 Å². The van der Waals surface area contributed by atoms with Gasteiger partial charge in [-0.15, -0.1) is 0 Å². The molecule has 3 heterocycles. The van der Waals surface area contributed by atoms with Crippen molar-refractivity contribution in [2.24, 2.45) is 0 Å². The van der Waals surface area contributed by atoms with Crippen LogP contribution in [0.1, 0.15) is 64.2 Å². The first-order valence-electron chi connectivity index (χ1n) is 12.4. The summed E-state index contributed by atoms with van der Waals surface area (Å²) >= 11 is 0. The molecule has 5 fully saturated rings. The number of hydrogen-bond donors (Lipinski definition) is 1. The van der Waals surface area contributed by atoms with Crippen molar-refractivity contribution in [3.05, 3.63) is 24.3 Å². The number of anilines is 1. The predicted molar refractivity (Wildman–Crippen MR) is 118 cm³/mol.